The molecular formula is C13H24N2. The Bertz CT molecular complexity index is 211. The van der Waals surface area contributed by atoms with Crippen LogP contribution in [0.15, 0.2) is 0 Å². The summed E-state index contributed by atoms with van der Waals surface area (Å²) in [5.74, 6) is 1.06. The van der Waals surface area contributed by atoms with Gasteiger partial charge in [0.05, 0.1) is 0 Å². The van der Waals surface area contributed by atoms with Crippen LogP contribution in [0.25, 0.3) is 0 Å². The molecule has 0 aromatic rings. The topological polar surface area (TPSA) is 15.3 Å². The van der Waals surface area contributed by atoms with Gasteiger partial charge in [0.25, 0.3) is 0 Å². The second kappa shape index (κ2) is 4.42. The second-order valence-corrected chi connectivity index (χ2v) is 5.69. The van der Waals surface area contributed by atoms with Gasteiger partial charge in [-0.2, -0.15) is 0 Å². The minimum atomic E-state index is 0.811. The zero-order chi connectivity index (χ0) is 10.1. The molecule has 2 heterocycles. The first-order valence-electron chi connectivity index (χ1n) is 6.91. The summed E-state index contributed by atoms with van der Waals surface area (Å²) >= 11 is 0. The largest absolute Gasteiger partial charge is 0.313 e. The highest BCUT2D eigenvalue weighted by molar-refractivity contribution is 4.92. The van der Waals surface area contributed by atoms with Crippen molar-refractivity contribution in [3.63, 3.8) is 0 Å². The number of nitrogens with zero attached hydrogens (tertiary/aromatic N) is 1. The van der Waals surface area contributed by atoms with Crippen LogP contribution in [0.3, 0.4) is 0 Å². The monoisotopic (exact) mass is 208 g/mol. The second-order valence-electron chi connectivity index (χ2n) is 5.69. The van der Waals surface area contributed by atoms with Crippen molar-refractivity contribution in [3.8, 4) is 0 Å². The third kappa shape index (κ3) is 2.07. The number of likely N-dealkylation sites (tertiary alicyclic amines) is 1. The van der Waals surface area contributed by atoms with E-state index in [-0.39, 0.29) is 0 Å². The molecule has 0 amide bonds. The number of hydrogen-bond acceptors (Lipinski definition) is 2. The Morgan fingerprint density at radius 3 is 2.80 bits per heavy atom. The third-order valence-corrected chi connectivity index (χ3v) is 4.74. The molecule has 86 valence electrons. The highest BCUT2D eigenvalue weighted by Crippen LogP contribution is 2.36. The summed E-state index contributed by atoms with van der Waals surface area (Å²) in [6.07, 6.45) is 10.3. The molecule has 0 aromatic carbocycles. The van der Waals surface area contributed by atoms with Crippen molar-refractivity contribution in [1.29, 1.82) is 0 Å². The lowest BCUT2D eigenvalue weighted by molar-refractivity contribution is 0.170. The Labute approximate surface area is 93.4 Å². The summed E-state index contributed by atoms with van der Waals surface area (Å²) < 4.78 is 0. The maximum Gasteiger partial charge on any atom is 0.0195 e. The molecule has 2 aliphatic heterocycles. The summed E-state index contributed by atoms with van der Waals surface area (Å²) in [4.78, 5) is 2.80. The van der Waals surface area contributed by atoms with Gasteiger partial charge in [0.2, 0.25) is 0 Å². The first-order chi connectivity index (χ1) is 7.43. The van der Waals surface area contributed by atoms with E-state index in [9.17, 15) is 0 Å². The van der Waals surface area contributed by atoms with Gasteiger partial charge in [-0.1, -0.05) is 12.8 Å². The third-order valence-electron chi connectivity index (χ3n) is 4.74. The maximum absolute atomic E-state index is 3.64. The van der Waals surface area contributed by atoms with Crippen LogP contribution in [-0.4, -0.2) is 36.6 Å². The molecule has 2 heteroatoms. The van der Waals surface area contributed by atoms with Crippen molar-refractivity contribution in [2.45, 2.75) is 57.0 Å². The van der Waals surface area contributed by atoms with Gasteiger partial charge < -0.3 is 5.32 Å². The molecule has 0 spiro atoms. The standard InChI is InChI=1S/C13H24N2/c1-2-6-13-11(4-1)7-9-15(13)10-12-5-3-8-14-12/h11-14H,1-10H2/t11?,12-,13?/m1/s1. The summed E-state index contributed by atoms with van der Waals surface area (Å²) in [6.45, 7) is 3.97. The predicted octanol–water partition coefficient (Wildman–Crippen LogP) is 2.00. The molecule has 1 saturated carbocycles. The van der Waals surface area contributed by atoms with Crippen molar-refractivity contribution in [3.05, 3.63) is 0 Å². The van der Waals surface area contributed by atoms with Gasteiger partial charge in [-0.25, -0.2) is 0 Å². The number of rotatable bonds is 2. The molecule has 1 aliphatic carbocycles. The average Bonchev–Trinajstić information content (AvgIpc) is 2.89. The molecule has 2 saturated heterocycles. The molecule has 1 N–H and O–H groups in total. The lowest BCUT2D eigenvalue weighted by atomic mass is 9.85. The molecule has 15 heavy (non-hydrogen) atoms. The van der Waals surface area contributed by atoms with Gasteiger partial charge in [-0.15, -0.1) is 0 Å². The lowest BCUT2D eigenvalue weighted by Crippen LogP contribution is -2.42. The fraction of sp³-hybridized carbons (Fsp3) is 1.00. The maximum atomic E-state index is 3.64. The summed E-state index contributed by atoms with van der Waals surface area (Å²) in [6, 6.07) is 1.77. The van der Waals surface area contributed by atoms with E-state index in [2.05, 4.69) is 10.2 Å². The van der Waals surface area contributed by atoms with Crippen LogP contribution in [0.1, 0.15) is 44.9 Å². The van der Waals surface area contributed by atoms with Gasteiger partial charge in [0.1, 0.15) is 0 Å². The smallest absolute Gasteiger partial charge is 0.0195 e. The zero-order valence-electron chi connectivity index (χ0n) is 9.75. The number of nitrogens with one attached hydrogen (secondary N) is 1. The Balaban J connectivity index is 1.56. The van der Waals surface area contributed by atoms with Crippen LogP contribution in [0.5, 0.6) is 0 Å². The highest BCUT2D eigenvalue weighted by atomic mass is 15.2. The van der Waals surface area contributed by atoms with E-state index in [1.807, 2.05) is 0 Å². The Morgan fingerprint density at radius 2 is 1.93 bits per heavy atom. The van der Waals surface area contributed by atoms with E-state index < -0.39 is 0 Å². The quantitative estimate of drug-likeness (QED) is 0.747. The highest BCUT2D eigenvalue weighted by Gasteiger charge is 2.36. The van der Waals surface area contributed by atoms with Crippen molar-refractivity contribution < 1.29 is 0 Å². The van der Waals surface area contributed by atoms with E-state index in [0.717, 1.165) is 18.0 Å². The Morgan fingerprint density at radius 1 is 1.00 bits per heavy atom. The van der Waals surface area contributed by atoms with Gasteiger partial charge >= 0.3 is 0 Å². The van der Waals surface area contributed by atoms with Gasteiger partial charge in [0.15, 0.2) is 0 Å². The van der Waals surface area contributed by atoms with Crippen LogP contribution in [0.2, 0.25) is 0 Å². The van der Waals surface area contributed by atoms with Crippen molar-refractivity contribution in [1.82, 2.24) is 10.2 Å². The van der Waals surface area contributed by atoms with Crippen LogP contribution >= 0.6 is 0 Å². The first kappa shape index (κ1) is 10.1. The zero-order valence-corrected chi connectivity index (χ0v) is 9.75. The summed E-state index contributed by atoms with van der Waals surface area (Å²) in [7, 11) is 0. The molecule has 3 aliphatic rings. The van der Waals surface area contributed by atoms with Gasteiger partial charge in [-0.05, 0) is 51.1 Å². The van der Waals surface area contributed by atoms with E-state index in [0.29, 0.717) is 0 Å². The predicted molar refractivity (Wildman–Crippen MR) is 63.0 cm³/mol. The Hall–Kier alpha value is -0.0800. The SMILES string of the molecule is C1CCC2C(C1)CCN2C[C@H]1CCCN1. The van der Waals surface area contributed by atoms with Crippen molar-refractivity contribution in [2.24, 2.45) is 5.92 Å². The van der Waals surface area contributed by atoms with Crippen LogP contribution in [0, 0.1) is 5.92 Å². The molecule has 2 nitrogen and oxygen atoms in total. The summed E-state index contributed by atoms with van der Waals surface area (Å²) in [5.41, 5.74) is 0. The fourth-order valence-corrected chi connectivity index (χ4v) is 3.93. The van der Waals surface area contributed by atoms with Crippen molar-refractivity contribution in [2.75, 3.05) is 19.6 Å². The van der Waals surface area contributed by atoms with E-state index in [4.69, 9.17) is 0 Å². The molecule has 3 rings (SSSR count). The minimum absolute atomic E-state index is 0.811. The van der Waals surface area contributed by atoms with Crippen molar-refractivity contribution >= 4 is 0 Å². The average molecular weight is 208 g/mol. The van der Waals surface area contributed by atoms with Crippen LogP contribution in [0.4, 0.5) is 0 Å². The molecule has 0 bridgehead atoms. The summed E-state index contributed by atoms with van der Waals surface area (Å²) in [5, 5.41) is 3.64. The van der Waals surface area contributed by atoms with E-state index in [1.54, 1.807) is 0 Å². The Kier molecular flexibility index (Phi) is 2.98. The molecule has 0 radical (unpaired) electrons. The minimum Gasteiger partial charge on any atom is -0.313 e. The molecular weight excluding hydrogens is 184 g/mol. The molecule has 3 atom stereocenters. The lowest BCUT2D eigenvalue weighted by Gasteiger charge is -2.33. The van der Waals surface area contributed by atoms with Crippen LogP contribution in [-0.2, 0) is 0 Å². The first-order valence-corrected chi connectivity index (χ1v) is 6.91. The van der Waals surface area contributed by atoms with Crippen LogP contribution < -0.4 is 5.32 Å². The molecule has 0 aromatic heterocycles. The number of fused-ring (bicyclic) bond motifs is 1. The van der Waals surface area contributed by atoms with Gasteiger partial charge in [-0.3, -0.25) is 4.90 Å². The normalized spacial score (nSPS) is 42.0. The molecule has 3 fully saturated rings. The van der Waals surface area contributed by atoms with E-state index >= 15 is 0 Å². The fourth-order valence-electron chi connectivity index (χ4n) is 3.93. The van der Waals surface area contributed by atoms with Gasteiger partial charge in [0, 0.05) is 18.6 Å². The van der Waals surface area contributed by atoms with E-state index in [1.165, 1.54) is 64.6 Å². The number of hydrogen-bond donors (Lipinski definition) is 1. The molecule has 2 unspecified atom stereocenters.